The van der Waals surface area contributed by atoms with Crippen LogP contribution in [0.25, 0.3) is 0 Å². The Hall–Kier alpha value is -2.20. The summed E-state index contributed by atoms with van der Waals surface area (Å²) in [6, 6.07) is 8.44. The average Bonchev–Trinajstić information content (AvgIpc) is 3.19. The maximum Gasteiger partial charge on any atom is 0.270 e. The number of hydrazone groups is 1. The van der Waals surface area contributed by atoms with E-state index in [4.69, 9.17) is 23.2 Å². The Morgan fingerprint density at radius 3 is 2.50 bits per heavy atom. The van der Waals surface area contributed by atoms with Crippen molar-refractivity contribution < 1.29 is 13.3 Å². The summed E-state index contributed by atoms with van der Waals surface area (Å²) in [6.07, 6.45) is 2.92. The van der Waals surface area contributed by atoms with Crippen molar-refractivity contribution in [1.82, 2.24) is 4.31 Å². The lowest BCUT2D eigenvalue weighted by Gasteiger charge is -2.17. The maximum atomic E-state index is 12.9. The number of nitro benzene ring substituents is 1. The van der Waals surface area contributed by atoms with Crippen molar-refractivity contribution in [2.45, 2.75) is 17.7 Å². The van der Waals surface area contributed by atoms with Crippen LogP contribution in [0.1, 0.15) is 18.4 Å². The molecule has 0 aliphatic carbocycles. The monoisotopic (exact) mass is 442 g/mol. The number of hydrogen-bond donors (Lipinski definition) is 1. The molecule has 0 spiro atoms. The number of nitrogens with zero attached hydrogens (tertiary/aromatic N) is 3. The van der Waals surface area contributed by atoms with Gasteiger partial charge in [-0.3, -0.25) is 15.5 Å². The highest BCUT2D eigenvalue weighted by Gasteiger charge is 2.31. The summed E-state index contributed by atoms with van der Waals surface area (Å²) in [4.78, 5) is 10.3. The van der Waals surface area contributed by atoms with E-state index in [1.54, 1.807) is 18.2 Å². The van der Waals surface area contributed by atoms with E-state index in [-0.39, 0.29) is 16.3 Å². The third-order valence-corrected chi connectivity index (χ3v) is 6.71. The van der Waals surface area contributed by atoms with Gasteiger partial charge in [-0.05, 0) is 31.0 Å². The summed E-state index contributed by atoms with van der Waals surface area (Å²) in [5.74, 6) is 0. The molecule has 0 radical (unpaired) electrons. The first kappa shape index (κ1) is 20.5. The van der Waals surface area contributed by atoms with Crippen LogP contribution in [0.2, 0.25) is 10.0 Å². The second-order valence-electron chi connectivity index (χ2n) is 6.08. The second-order valence-corrected chi connectivity index (χ2v) is 8.83. The normalized spacial score (nSPS) is 15.2. The highest BCUT2D eigenvalue weighted by atomic mass is 35.5. The minimum Gasteiger partial charge on any atom is -0.277 e. The summed E-state index contributed by atoms with van der Waals surface area (Å²) in [6.45, 7) is 0.766. The van der Waals surface area contributed by atoms with Crippen LogP contribution in [0.3, 0.4) is 0 Å². The summed E-state index contributed by atoms with van der Waals surface area (Å²) in [5, 5.41) is 16.0. The largest absolute Gasteiger partial charge is 0.277 e. The van der Waals surface area contributed by atoms with Crippen LogP contribution in [0.15, 0.2) is 46.4 Å². The molecule has 0 atom stereocenters. The molecule has 0 saturated carbocycles. The zero-order valence-electron chi connectivity index (χ0n) is 14.5. The number of nitrogens with one attached hydrogen (secondary N) is 1. The number of anilines is 1. The third-order valence-electron chi connectivity index (χ3n) is 4.21. The van der Waals surface area contributed by atoms with E-state index in [2.05, 4.69) is 10.5 Å². The van der Waals surface area contributed by atoms with Gasteiger partial charge in [0.25, 0.3) is 5.69 Å². The summed E-state index contributed by atoms with van der Waals surface area (Å²) < 4.78 is 27.2. The maximum absolute atomic E-state index is 12.9. The molecular weight excluding hydrogens is 427 g/mol. The quantitative estimate of drug-likeness (QED) is 0.411. The van der Waals surface area contributed by atoms with Crippen LogP contribution in [-0.2, 0) is 10.0 Å². The Labute approximate surface area is 172 Å². The van der Waals surface area contributed by atoms with Crippen LogP contribution in [0, 0.1) is 10.1 Å². The Balaban J connectivity index is 1.93. The topological polar surface area (TPSA) is 105 Å². The smallest absolute Gasteiger partial charge is 0.270 e. The van der Waals surface area contributed by atoms with E-state index < -0.39 is 14.9 Å². The van der Waals surface area contributed by atoms with Crippen molar-refractivity contribution in [3.8, 4) is 0 Å². The first-order valence-corrected chi connectivity index (χ1v) is 10.5. The zero-order valence-corrected chi connectivity index (χ0v) is 16.8. The van der Waals surface area contributed by atoms with E-state index in [1.165, 1.54) is 22.7 Å². The van der Waals surface area contributed by atoms with Gasteiger partial charge < -0.3 is 0 Å². The lowest BCUT2D eigenvalue weighted by Crippen LogP contribution is -2.28. The molecule has 1 aliphatic heterocycles. The molecular formula is C17H16Cl2N4O4S. The molecule has 0 amide bonds. The molecule has 3 rings (SSSR count). The molecule has 8 nitrogen and oxygen atoms in total. The number of hydrogen-bond acceptors (Lipinski definition) is 6. The van der Waals surface area contributed by atoms with Crippen molar-refractivity contribution in [3.05, 3.63) is 62.1 Å². The van der Waals surface area contributed by atoms with E-state index in [1.807, 2.05) is 0 Å². The number of benzene rings is 2. The van der Waals surface area contributed by atoms with Crippen molar-refractivity contribution in [1.29, 1.82) is 0 Å². The number of rotatable bonds is 6. The summed E-state index contributed by atoms with van der Waals surface area (Å²) >= 11 is 11.9. The van der Waals surface area contributed by atoms with Crippen LogP contribution in [-0.4, -0.2) is 37.0 Å². The zero-order chi connectivity index (χ0) is 20.3. The fourth-order valence-corrected chi connectivity index (χ4v) is 4.91. The van der Waals surface area contributed by atoms with Crippen molar-refractivity contribution in [2.24, 2.45) is 5.10 Å². The minimum absolute atomic E-state index is 0.138. The van der Waals surface area contributed by atoms with E-state index >= 15 is 0 Å². The Kier molecular flexibility index (Phi) is 6.19. The van der Waals surface area contributed by atoms with Crippen molar-refractivity contribution >= 4 is 50.8 Å². The lowest BCUT2D eigenvalue weighted by molar-refractivity contribution is -0.385. The van der Waals surface area contributed by atoms with Crippen LogP contribution in [0.5, 0.6) is 0 Å². The molecule has 2 aromatic carbocycles. The molecule has 1 heterocycles. The van der Waals surface area contributed by atoms with Gasteiger partial charge in [-0.2, -0.15) is 9.41 Å². The van der Waals surface area contributed by atoms with Gasteiger partial charge >= 0.3 is 0 Å². The number of halogens is 2. The number of nitro groups is 1. The summed E-state index contributed by atoms with van der Waals surface area (Å²) in [5.41, 5.74) is 3.05. The fourth-order valence-electron chi connectivity index (χ4n) is 2.78. The second kappa shape index (κ2) is 8.44. The Morgan fingerprint density at radius 2 is 1.86 bits per heavy atom. The van der Waals surface area contributed by atoms with Crippen LogP contribution >= 0.6 is 23.2 Å². The first-order valence-electron chi connectivity index (χ1n) is 8.32. The molecule has 0 unspecified atom stereocenters. The van der Waals surface area contributed by atoms with E-state index in [9.17, 15) is 18.5 Å². The molecule has 2 aromatic rings. The van der Waals surface area contributed by atoms with Gasteiger partial charge in [0.05, 0.1) is 21.8 Å². The fraction of sp³-hybridized carbons (Fsp3) is 0.235. The first-order chi connectivity index (χ1) is 13.3. The Morgan fingerprint density at radius 1 is 1.14 bits per heavy atom. The highest BCUT2D eigenvalue weighted by Crippen LogP contribution is 2.30. The van der Waals surface area contributed by atoms with Crippen LogP contribution < -0.4 is 5.43 Å². The van der Waals surface area contributed by atoms with Gasteiger partial charge in [0.2, 0.25) is 10.0 Å². The molecule has 1 fully saturated rings. The third kappa shape index (κ3) is 4.44. The van der Waals surface area contributed by atoms with E-state index in [0.29, 0.717) is 28.7 Å². The van der Waals surface area contributed by atoms with Gasteiger partial charge in [-0.15, -0.1) is 0 Å². The molecule has 1 N–H and O–H groups in total. The molecule has 1 saturated heterocycles. The minimum atomic E-state index is -3.89. The SMILES string of the molecule is O=[N+]([O-])c1ccc(N/N=C\c2ccc(Cl)cc2Cl)c(S(=O)(=O)N2CCCC2)c1. The van der Waals surface area contributed by atoms with Crippen molar-refractivity contribution in [3.63, 3.8) is 0 Å². The number of sulfonamides is 1. The molecule has 148 valence electrons. The highest BCUT2D eigenvalue weighted by molar-refractivity contribution is 7.89. The summed E-state index contributed by atoms with van der Waals surface area (Å²) in [7, 11) is -3.89. The molecule has 1 aliphatic rings. The van der Waals surface area contributed by atoms with Gasteiger partial charge in [-0.1, -0.05) is 29.3 Å². The predicted octanol–water partition coefficient (Wildman–Crippen LogP) is 4.13. The standard InChI is InChI=1S/C17H16Cl2N4O4S/c18-13-4-3-12(15(19)9-13)11-20-21-16-6-5-14(23(24)25)10-17(16)28(26,27)22-7-1-2-8-22/h3-6,9-11,21H,1-2,7-8H2/b20-11-. The molecule has 0 bridgehead atoms. The van der Waals surface area contributed by atoms with Crippen LogP contribution in [0.4, 0.5) is 11.4 Å². The average molecular weight is 443 g/mol. The molecule has 11 heteroatoms. The van der Waals surface area contributed by atoms with Gasteiger partial charge in [0, 0.05) is 35.8 Å². The predicted molar refractivity (Wildman–Crippen MR) is 109 cm³/mol. The van der Waals surface area contributed by atoms with Gasteiger partial charge in [-0.25, -0.2) is 8.42 Å². The Bertz CT molecular complexity index is 1040. The number of non-ortho nitro benzene ring substituents is 1. The van der Waals surface area contributed by atoms with E-state index in [0.717, 1.165) is 18.9 Å². The molecule has 0 aromatic heterocycles. The van der Waals surface area contributed by atoms with Gasteiger partial charge in [0.1, 0.15) is 4.90 Å². The van der Waals surface area contributed by atoms with Gasteiger partial charge in [0.15, 0.2) is 0 Å². The lowest BCUT2D eigenvalue weighted by atomic mass is 10.2. The van der Waals surface area contributed by atoms with Crippen molar-refractivity contribution in [2.75, 3.05) is 18.5 Å². The molecule has 28 heavy (non-hydrogen) atoms.